The van der Waals surface area contributed by atoms with Gasteiger partial charge in [-0.25, -0.2) is 0 Å². The third kappa shape index (κ3) is 4.37. The van der Waals surface area contributed by atoms with Crippen molar-refractivity contribution in [3.63, 3.8) is 0 Å². The van der Waals surface area contributed by atoms with Crippen molar-refractivity contribution in [3.05, 3.63) is 36.0 Å². The Bertz CT molecular complexity index is 718. The molecule has 1 aliphatic rings. The molecular formula is C19H24N2O3. The number of carbonyl (C=O) groups excluding carboxylic acids is 2. The summed E-state index contributed by atoms with van der Waals surface area (Å²) in [6.45, 7) is 1.82. The van der Waals surface area contributed by atoms with Crippen LogP contribution in [0.3, 0.4) is 0 Å². The van der Waals surface area contributed by atoms with Gasteiger partial charge in [-0.3, -0.25) is 9.59 Å². The second-order valence-electron chi connectivity index (χ2n) is 6.57. The van der Waals surface area contributed by atoms with Crippen LogP contribution in [0.1, 0.15) is 38.2 Å². The molecule has 1 heterocycles. The van der Waals surface area contributed by atoms with E-state index in [4.69, 9.17) is 4.74 Å². The largest absolute Gasteiger partial charge is 0.456 e. The van der Waals surface area contributed by atoms with E-state index in [-0.39, 0.29) is 24.5 Å². The van der Waals surface area contributed by atoms with Gasteiger partial charge in [0.15, 0.2) is 6.61 Å². The van der Waals surface area contributed by atoms with E-state index < -0.39 is 0 Å². The molecule has 0 spiro atoms. The summed E-state index contributed by atoms with van der Waals surface area (Å²) in [4.78, 5) is 26.7. The number of aromatic amines is 1. The standard InChI is InChI=1S/C19H24N2O3/c1-13(14-9-10-14)21-18(22)12-24-19(23)8-4-5-15-11-20-17-7-3-2-6-16(15)17/h2-3,6-7,11,13-14,20H,4-5,8-10,12H2,1H3,(H,21,22)/t13-/m1/s1. The van der Waals surface area contributed by atoms with E-state index in [1.165, 1.54) is 23.8 Å². The molecule has 1 atom stereocenters. The number of amides is 1. The second kappa shape index (κ2) is 7.51. The van der Waals surface area contributed by atoms with Crippen LogP contribution in [-0.2, 0) is 20.7 Å². The predicted molar refractivity (Wildman–Crippen MR) is 92.5 cm³/mol. The van der Waals surface area contributed by atoms with Gasteiger partial charge in [0.1, 0.15) is 0 Å². The normalized spacial score (nSPS) is 15.2. The molecule has 2 aromatic rings. The number of H-pyrrole nitrogens is 1. The maximum atomic E-state index is 11.8. The van der Waals surface area contributed by atoms with Crippen molar-refractivity contribution < 1.29 is 14.3 Å². The minimum absolute atomic E-state index is 0.178. The molecule has 3 rings (SSSR count). The van der Waals surface area contributed by atoms with Crippen molar-refractivity contribution in [2.24, 2.45) is 5.92 Å². The number of fused-ring (bicyclic) bond motifs is 1. The summed E-state index contributed by atoms with van der Waals surface area (Å²) in [5.74, 6) is 0.0734. The van der Waals surface area contributed by atoms with Gasteiger partial charge in [0.25, 0.3) is 5.91 Å². The quantitative estimate of drug-likeness (QED) is 0.732. The topological polar surface area (TPSA) is 71.2 Å². The monoisotopic (exact) mass is 328 g/mol. The Morgan fingerprint density at radius 1 is 1.33 bits per heavy atom. The van der Waals surface area contributed by atoms with Gasteiger partial charge < -0.3 is 15.0 Å². The first-order valence-corrected chi connectivity index (χ1v) is 8.63. The first-order valence-electron chi connectivity index (χ1n) is 8.63. The lowest BCUT2D eigenvalue weighted by Crippen LogP contribution is -2.37. The van der Waals surface area contributed by atoms with Crippen molar-refractivity contribution in [3.8, 4) is 0 Å². The first-order chi connectivity index (χ1) is 11.6. The minimum Gasteiger partial charge on any atom is -0.456 e. The lowest BCUT2D eigenvalue weighted by Gasteiger charge is -2.12. The van der Waals surface area contributed by atoms with Crippen LogP contribution in [0.15, 0.2) is 30.5 Å². The van der Waals surface area contributed by atoms with Gasteiger partial charge in [0, 0.05) is 29.6 Å². The molecule has 24 heavy (non-hydrogen) atoms. The Hall–Kier alpha value is -2.30. The average Bonchev–Trinajstić information content (AvgIpc) is 3.35. The van der Waals surface area contributed by atoms with Crippen LogP contribution < -0.4 is 5.32 Å². The van der Waals surface area contributed by atoms with E-state index in [1.54, 1.807) is 0 Å². The number of hydrogen-bond acceptors (Lipinski definition) is 3. The van der Waals surface area contributed by atoms with Crippen LogP contribution in [0.5, 0.6) is 0 Å². The number of aromatic nitrogens is 1. The lowest BCUT2D eigenvalue weighted by atomic mass is 10.1. The highest BCUT2D eigenvalue weighted by Gasteiger charge is 2.28. The van der Waals surface area contributed by atoms with Crippen LogP contribution in [0.2, 0.25) is 0 Å². The Morgan fingerprint density at radius 3 is 2.92 bits per heavy atom. The molecule has 5 heteroatoms. The summed E-state index contributed by atoms with van der Waals surface area (Å²) in [6.07, 6.45) is 6.18. The van der Waals surface area contributed by atoms with E-state index in [1.807, 2.05) is 31.3 Å². The van der Waals surface area contributed by atoms with Crippen LogP contribution in [0, 0.1) is 5.92 Å². The average molecular weight is 328 g/mol. The molecule has 0 unspecified atom stereocenters. The third-order valence-corrected chi connectivity index (χ3v) is 4.58. The van der Waals surface area contributed by atoms with Gasteiger partial charge in [-0.1, -0.05) is 18.2 Å². The Kier molecular flexibility index (Phi) is 5.18. The lowest BCUT2D eigenvalue weighted by molar-refractivity contribution is -0.148. The molecule has 128 valence electrons. The fourth-order valence-electron chi connectivity index (χ4n) is 2.99. The summed E-state index contributed by atoms with van der Waals surface area (Å²) in [6, 6.07) is 8.29. The molecule has 0 saturated heterocycles. The maximum absolute atomic E-state index is 11.8. The van der Waals surface area contributed by atoms with E-state index in [2.05, 4.69) is 16.4 Å². The second-order valence-corrected chi connectivity index (χ2v) is 6.57. The van der Waals surface area contributed by atoms with Crippen molar-refractivity contribution in [2.75, 3.05) is 6.61 Å². The van der Waals surface area contributed by atoms with Crippen molar-refractivity contribution >= 4 is 22.8 Å². The summed E-state index contributed by atoms with van der Waals surface area (Å²) in [5.41, 5.74) is 2.31. The number of carbonyl (C=O) groups is 2. The molecule has 1 saturated carbocycles. The Labute approximate surface area is 141 Å². The molecule has 1 aliphatic carbocycles. The molecule has 1 aromatic heterocycles. The highest BCUT2D eigenvalue weighted by Crippen LogP contribution is 2.32. The molecule has 1 fully saturated rings. The van der Waals surface area contributed by atoms with Gasteiger partial charge in [0.05, 0.1) is 0 Å². The van der Waals surface area contributed by atoms with Gasteiger partial charge in [0.2, 0.25) is 0 Å². The SMILES string of the molecule is C[C@@H](NC(=O)COC(=O)CCCc1c[nH]c2ccccc12)C1CC1. The van der Waals surface area contributed by atoms with E-state index in [0.717, 1.165) is 11.9 Å². The van der Waals surface area contributed by atoms with E-state index >= 15 is 0 Å². The highest BCUT2D eigenvalue weighted by molar-refractivity contribution is 5.83. The zero-order valence-corrected chi connectivity index (χ0v) is 14.0. The maximum Gasteiger partial charge on any atom is 0.306 e. The fourth-order valence-corrected chi connectivity index (χ4v) is 2.99. The van der Waals surface area contributed by atoms with Crippen LogP contribution in [-0.4, -0.2) is 29.5 Å². The Morgan fingerprint density at radius 2 is 2.12 bits per heavy atom. The first kappa shape index (κ1) is 16.6. The molecular weight excluding hydrogens is 304 g/mol. The summed E-state index contributed by atoms with van der Waals surface area (Å²) in [7, 11) is 0. The number of esters is 1. The number of benzene rings is 1. The van der Waals surface area contributed by atoms with Crippen LogP contribution >= 0.6 is 0 Å². The highest BCUT2D eigenvalue weighted by atomic mass is 16.5. The number of ether oxygens (including phenoxy) is 1. The molecule has 0 bridgehead atoms. The third-order valence-electron chi connectivity index (χ3n) is 4.58. The van der Waals surface area contributed by atoms with Crippen molar-refractivity contribution in [2.45, 2.75) is 45.1 Å². The number of para-hydroxylation sites is 1. The van der Waals surface area contributed by atoms with Gasteiger partial charge in [-0.15, -0.1) is 0 Å². The number of aryl methyl sites for hydroxylation is 1. The van der Waals surface area contributed by atoms with Crippen LogP contribution in [0.25, 0.3) is 10.9 Å². The number of nitrogens with one attached hydrogen (secondary N) is 2. The summed E-state index contributed by atoms with van der Waals surface area (Å²) < 4.78 is 5.05. The summed E-state index contributed by atoms with van der Waals surface area (Å²) in [5, 5.41) is 4.07. The van der Waals surface area contributed by atoms with Crippen molar-refractivity contribution in [1.82, 2.24) is 10.3 Å². The van der Waals surface area contributed by atoms with Gasteiger partial charge in [-0.2, -0.15) is 0 Å². The summed E-state index contributed by atoms with van der Waals surface area (Å²) >= 11 is 0. The predicted octanol–water partition coefficient (Wildman–Crippen LogP) is 2.95. The molecule has 0 aliphatic heterocycles. The smallest absolute Gasteiger partial charge is 0.306 e. The molecule has 5 nitrogen and oxygen atoms in total. The Balaban J connectivity index is 1.35. The molecule has 0 radical (unpaired) electrons. The fraction of sp³-hybridized carbons (Fsp3) is 0.474. The molecule has 2 N–H and O–H groups in total. The van der Waals surface area contributed by atoms with E-state index in [0.29, 0.717) is 18.8 Å². The van der Waals surface area contributed by atoms with Gasteiger partial charge in [-0.05, 0) is 50.2 Å². The number of hydrogen-bond donors (Lipinski definition) is 2. The molecule has 1 amide bonds. The van der Waals surface area contributed by atoms with Crippen molar-refractivity contribution in [1.29, 1.82) is 0 Å². The molecule has 1 aromatic carbocycles. The van der Waals surface area contributed by atoms with E-state index in [9.17, 15) is 9.59 Å². The van der Waals surface area contributed by atoms with Gasteiger partial charge >= 0.3 is 5.97 Å². The van der Waals surface area contributed by atoms with Crippen LogP contribution in [0.4, 0.5) is 0 Å². The minimum atomic E-state index is -0.316. The zero-order chi connectivity index (χ0) is 16.9. The zero-order valence-electron chi connectivity index (χ0n) is 14.0. The number of rotatable bonds is 8.